The van der Waals surface area contributed by atoms with Gasteiger partial charge in [0.15, 0.2) is 0 Å². The molecule has 19 heavy (non-hydrogen) atoms. The van der Waals surface area contributed by atoms with Crippen LogP contribution in [0, 0.1) is 6.92 Å². The zero-order valence-corrected chi connectivity index (χ0v) is 12.2. The Bertz CT molecular complexity index is 635. The summed E-state index contributed by atoms with van der Waals surface area (Å²) in [6.45, 7) is 9.74. The molecule has 3 nitrogen and oxygen atoms in total. The largest absolute Gasteiger partial charge is 0.481 e. The minimum Gasteiger partial charge on any atom is -0.481 e. The van der Waals surface area contributed by atoms with Gasteiger partial charge in [0.05, 0.1) is 5.41 Å². The van der Waals surface area contributed by atoms with Crippen LogP contribution in [-0.4, -0.2) is 16.1 Å². The molecule has 1 aromatic carbocycles. The number of benzene rings is 1. The average molecular weight is 259 g/mol. The quantitative estimate of drug-likeness (QED) is 0.876. The Morgan fingerprint density at radius 1 is 1.32 bits per heavy atom. The van der Waals surface area contributed by atoms with Crippen LogP contribution in [0.3, 0.4) is 0 Å². The lowest BCUT2D eigenvalue weighted by atomic mass is 9.82. The zero-order chi connectivity index (χ0) is 14.4. The summed E-state index contributed by atoms with van der Waals surface area (Å²) in [5.41, 5.74) is 3.17. The Hall–Kier alpha value is -1.77. The molecule has 1 heterocycles. The van der Waals surface area contributed by atoms with Gasteiger partial charge in [-0.05, 0) is 49.9 Å². The van der Waals surface area contributed by atoms with E-state index in [2.05, 4.69) is 31.0 Å². The lowest BCUT2D eigenvalue weighted by molar-refractivity contribution is -0.142. The van der Waals surface area contributed by atoms with Crippen molar-refractivity contribution in [2.45, 2.75) is 46.0 Å². The molecule has 0 aliphatic carbocycles. The van der Waals surface area contributed by atoms with Crippen LogP contribution in [0.2, 0.25) is 0 Å². The van der Waals surface area contributed by atoms with Crippen molar-refractivity contribution in [3.8, 4) is 0 Å². The summed E-state index contributed by atoms with van der Waals surface area (Å²) in [6, 6.07) is 6.25. The highest BCUT2D eigenvalue weighted by Gasteiger charge is 2.33. The molecule has 0 unspecified atom stereocenters. The van der Waals surface area contributed by atoms with Crippen molar-refractivity contribution < 1.29 is 9.90 Å². The van der Waals surface area contributed by atoms with Crippen molar-refractivity contribution in [3.05, 3.63) is 35.0 Å². The third kappa shape index (κ3) is 2.14. The van der Waals surface area contributed by atoms with Gasteiger partial charge in [-0.1, -0.05) is 19.9 Å². The van der Waals surface area contributed by atoms with Crippen LogP contribution < -0.4 is 0 Å². The molecule has 0 atom stereocenters. The Labute approximate surface area is 113 Å². The molecular weight excluding hydrogens is 238 g/mol. The lowest BCUT2D eigenvalue weighted by Crippen LogP contribution is -2.29. The van der Waals surface area contributed by atoms with Gasteiger partial charge in [-0.15, -0.1) is 0 Å². The van der Waals surface area contributed by atoms with Crippen molar-refractivity contribution in [2.24, 2.45) is 0 Å². The van der Waals surface area contributed by atoms with E-state index in [-0.39, 0.29) is 0 Å². The normalized spacial score (nSPS) is 12.3. The van der Waals surface area contributed by atoms with Gasteiger partial charge in [-0.3, -0.25) is 4.79 Å². The maximum absolute atomic E-state index is 11.5. The van der Waals surface area contributed by atoms with Gasteiger partial charge in [-0.25, -0.2) is 0 Å². The van der Waals surface area contributed by atoms with E-state index in [0.29, 0.717) is 5.92 Å². The second-order valence-corrected chi connectivity index (χ2v) is 6.01. The van der Waals surface area contributed by atoms with Crippen LogP contribution in [-0.2, 0) is 10.2 Å². The van der Waals surface area contributed by atoms with Gasteiger partial charge in [-0.2, -0.15) is 0 Å². The second kappa shape index (κ2) is 4.41. The number of carboxylic acids is 1. The summed E-state index contributed by atoms with van der Waals surface area (Å²) in [7, 11) is 0. The van der Waals surface area contributed by atoms with Crippen molar-refractivity contribution in [1.29, 1.82) is 0 Å². The first-order valence-electron chi connectivity index (χ1n) is 6.61. The number of fused-ring (bicyclic) bond motifs is 1. The van der Waals surface area contributed by atoms with Crippen LogP contribution in [0.5, 0.6) is 0 Å². The molecule has 0 bridgehead atoms. The molecule has 2 N–H and O–H groups in total. The zero-order valence-electron chi connectivity index (χ0n) is 12.2. The number of nitrogens with one attached hydrogen (secondary N) is 1. The van der Waals surface area contributed by atoms with E-state index in [0.717, 1.165) is 22.2 Å². The van der Waals surface area contributed by atoms with E-state index in [1.165, 1.54) is 5.56 Å². The third-order valence-corrected chi connectivity index (χ3v) is 3.84. The number of aromatic amines is 1. The molecule has 0 fully saturated rings. The number of rotatable bonds is 3. The number of hydrogen-bond donors (Lipinski definition) is 2. The Kier molecular flexibility index (Phi) is 3.17. The molecule has 0 spiro atoms. The second-order valence-electron chi connectivity index (χ2n) is 6.01. The van der Waals surface area contributed by atoms with E-state index < -0.39 is 11.4 Å². The summed E-state index contributed by atoms with van der Waals surface area (Å²) in [4.78, 5) is 14.8. The minimum atomic E-state index is -0.891. The molecule has 0 aliphatic heterocycles. The van der Waals surface area contributed by atoms with Crippen molar-refractivity contribution in [3.63, 3.8) is 0 Å². The predicted molar refractivity (Wildman–Crippen MR) is 77.8 cm³/mol. The highest BCUT2D eigenvalue weighted by Crippen LogP contribution is 2.35. The molecule has 3 heteroatoms. The monoisotopic (exact) mass is 259 g/mol. The summed E-state index contributed by atoms with van der Waals surface area (Å²) < 4.78 is 0. The van der Waals surface area contributed by atoms with Crippen LogP contribution in [0.25, 0.3) is 10.9 Å². The lowest BCUT2D eigenvalue weighted by Gasteiger charge is -2.20. The van der Waals surface area contributed by atoms with Gasteiger partial charge < -0.3 is 10.1 Å². The number of aromatic nitrogens is 1. The van der Waals surface area contributed by atoms with Gasteiger partial charge in [0.1, 0.15) is 0 Å². The first-order valence-corrected chi connectivity index (χ1v) is 6.61. The van der Waals surface area contributed by atoms with Crippen molar-refractivity contribution in [2.75, 3.05) is 0 Å². The third-order valence-electron chi connectivity index (χ3n) is 3.84. The molecule has 2 aromatic rings. The smallest absolute Gasteiger partial charge is 0.313 e. The van der Waals surface area contributed by atoms with Crippen LogP contribution in [0.1, 0.15) is 50.4 Å². The number of carbonyl (C=O) groups is 1. The highest BCUT2D eigenvalue weighted by atomic mass is 16.4. The average Bonchev–Trinajstić information content (AvgIpc) is 2.63. The number of carboxylic acid groups (broad SMARTS) is 1. The number of hydrogen-bond acceptors (Lipinski definition) is 1. The topological polar surface area (TPSA) is 53.1 Å². The van der Waals surface area contributed by atoms with E-state index >= 15 is 0 Å². The Balaban J connectivity index is 2.76. The highest BCUT2D eigenvalue weighted by molar-refractivity contribution is 5.93. The summed E-state index contributed by atoms with van der Waals surface area (Å²) in [5.74, 6) is -0.369. The van der Waals surface area contributed by atoms with E-state index in [4.69, 9.17) is 0 Å². The Morgan fingerprint density at radius 3 is 2.47 bits per heavy atom. The fraction of sp³-hybridized carbons (Fsp3) is 0.438. The first-order chi connectivity index (χ1) is 8.75. The number of aliphatic carboxylic acids is 1. The van der Waals surface area contributed by atoms with E-state index in [9.17, 15) is 9.90 Å². The molecule has 2 rings (SSSR count). The van der Waals surface area contributed by atoms with Gasteiger partial charge in [0, 0.05) is 16.6 Å². The molecule has 0 saturated carbocycles. The van der Waals surface area contributed by atoms with Crippen molar-refractivity contribution >= 4 is 16.9 Å². The summed E-state index contributed by atoms with van der Waals surface area (Å²) in [5, 5.41) is 10.5. The first kappa shape index (κ1) is 13.7. The molecule has 0 aliphatic rings. The van der Waals surface area contributed by atoms with E-state index in [1.807, 2.05) is 13.0 Å². The standard InChI is InChI=1S/C16H21NO2/c1-9(2)11-6-7-13-12(8-11)14(10(3)17-13)16(4,5)15(18)19/h6-9,17H,1-5H3,(H,18,19). The van der Waals surface area contributed by atoms with Crippen LogP contribution in [0.4, 0.5) is 0 Å². The van der Waals surface area contributed by atoms with E-state index in [1.54, 1.807) is 13.8 Å². The van der Waals surface area contributed by atoms with Gasteiger partial charge >= 0.3 is 5.97 Å². The molecule has 0 amide bonds. The maximum Gasteiger partial charge on any atom is 0.313 e. The molecule has 1 aromatic heterocycles. The minimum absolute atomic E-state index is 0.431. The fourth-order valence-electron chi connectivity index (χ4n) is 2.62. The SMILES string of the molecule is Cc1[nH]c2ccc(C(C)C)cc2c1C(C)(C)C(=O)O. The molecular formula is C16H21NO2. The van der Waals surface area contributed by atoms with Crippen molar-refractivity contribution in [1.82, 2.24) is 4.98 Å². The predicted octanol–water partition coefficient (Wildman–Crippen LogP) is 3.96. The fourth-order valence-corrected chi connectivity index (χ4v) is 2.62. The maximum atomic E-state index is 11.5. The summed E-state index contributed by atoms with van der Waals surface area (Å²) in [6.07, 6.45) is 0. The molecule has 102 valence electrons. The van der Waals surface area contributed by atoms with Gasteiger partial charge in [0.2, 0.25) is 0 Å². The molecule has 0 saturated heterocycles. The summed E-state index contributed by atoms with van der Waals surface area (Å²) >= 11 is 0. The number of H-pyrrole nitrogens is 1. The number of aryl methyl sites for hydroxylation is 1. The van der Waals surface area contributed by atoms with Crippen LogP contribution in [0.15, 0.2) is 18.2 Å². The van der Waals surface area contributed by atoms with Gasteiger partial charge in [0.25, 0.3) is 0 Å². The Morgan fingerprint density at radius 2 is 1.95 bits per heavy atom. The van der Waals surface area contributed by atoms with Crippen LogP contribution >= 0.6 is 0 Å². The molecule has 0 radical (unpaired) electrons.